The van der Waals surface area contributed by atoms with E-state index in [0.29, 0.717) is 21.7 Å². The number of urea groups is 1. The third kappa shape index (κ3) is 9.39. The van der Waals surface area contributed by atoms with Crippen molar-refractivity contribution >= 4 is 45.1 Å². The molecule has 1 fully saturated rings. The number of nitrogens with zero attached hydrogens (tertiary/aromatic N) is 2. The van der Waals surface area contributed by atoms with E-state index in [2.05, 4.69) is 40.2 Å². The fourth-order valence-corrected chi connectivity index (χ4v) is 5.40. The van der Waals surface area contributed by atoms with Gasteiger partial charge in [0.25, 0.3) is 10.2 Å². The van der Waals surface area contributed by atoms with Gasteiger partial charge < -0.3 is 15.5 Å². The third-order valence-electron chi connectivity index (χ3n) is 6.92. The topological polar surface area (TPSA) is 93.8 Å². The molecule has 1 heterocycles. The Morgan fingerprint density at radius 2 is 1.76 bits per heavy atom. The molecule has 0 bridgehead atoms. The first-order valence-corrected chi connectivity index (χ1v) is 15.1. The average Bonchev–Trinajstić information content (AvgIpc) is 2.86. The molecule has 1 unspecified atom stereocenters. The average molecular weight is 585 g/mol. The minimum Gasteiger partial charge on any atom is -0.334 e. The molecule has 2 aromatic carbocycles. The van der Waals surface area contributed by atoms with Crippen LogP contribution in [0.3, 0.4) is 0 Å². The quantitative estimate of drug-likeness (QED) is 0.347. The van der Waals surface area contributed by atoms with Crippen molar-refractivity contribution < 1.29 is 13.2 Å². The molecule has 0 spiro atoms. The number of nitrogens with one attached hydrogen (secondary N) is 3. The molecule has 11 heteroatoms. The largest absolute Gasteiger partial charge is 0.334 e. The van der Waals surface area contributed by atoms with E-state index >= 15 is 0 Å². The first-order chi connectivity index (χ1) is 17.9. The van der Waals surface area contributed by atoms with Crippen LogP contribution in [0.15, 0.2) is 42.5 Å². The highest BCUT2D eigenvalue weighted by Gasteiger charge is 2.24. The van der Waals surface area contributed by atoms with Gasteiger partial charge in [-0.2, -0.15) is 17.4 Å². The molecule has 3 rings (SSSR count). The van der Waals surface area contributed by atoms with E-state index in [1.165, 1.54) is 19.7 Å². The highest BCUT2D eigenvalue weighted by atomic mass is 35.5. The van der Waals surface area contributed by atoms with Gasteiger partial charge in [-0.1, -0.05) is 55.2 Å². The second kappa shape index (κ2) is 14.0. The molecule has 0 radical (unpaired) electrons. The van der Waals surface area contributed by atoms with Crippen LogP contribution in [-0.2, 0) is 23.2 Å². The van der Waals surface area contributed by atoms with Crippen LogP contribution in [0, 0.1) is 11.8 Å². The first kappa shape index (κ1) is 30.7. The maximum Gasteiger partial charge on any atom is 0.319 e. The number of amides is 2. The number of halogens is 2. The lowest BCUT2D eigenvalue weighted by Gasteiger charge is -2.35. The number of benzene rings is 2. The molecule has 8 nitrogen and oxygen atoms in total. The summed E-state index contributed by atoms with van der Waals surface area (Å²) in [5.41, 5.74) is 2.57. The molecule has 0 aromatic heterocycles. The number of piperidine rings is 1. The van der Waals surface area contributed by atoms with Crippen molar-refractivity contribution in [2.45, 2.75) is 45.7 Å². The lowest BCUT2D eigenvalue weighted by atomic mass is 9.89. The highest BCUT2D eigenvalue weighted by molar-refractivity contribution is 7.87. The van der Waals surface area contributed by atoms with Gasteiger partial charge in [0.2, 0.25) is 0 Å². The maximum absolute atomic E-state index is 12.8. The molecule has 38 heavy (non-hydrogen) atoms. The summed E-state index contributed by atoms with van der Waals surface area (Å²) in [7, 11) is -0.590. The van der Waals surface area contributed by atoms with Gasteiger partial charge in [-0.25, -0.2) is 4.79 Å². The molecule has 3 N–H and O–H groups in total. The first-order valence-electron chi connectivity index (χ1n) is 12.9. The molecule has 2 amide bonds. The zero-order valence-corrected chi connectivity index (χ0v) is 24.8. The number of hydrogen-bond donors (Lipinski definition) is 3. The molecular weight excluding hydrogens is 545 g/mol. The molecule has 1 aliphatic heterocycles. The van der Waals surface area contributed by atoms with Crippen molar-refractivity contribution in [3.05, 3.63) is 63.6 Å². The molecule has 1 aliphatic rings. The summed E-state index contributed by atoms with van der Waals surface area (Å²) < 4.78 is 27.6. The zero-order valence-electron chi connectivity index (χ0n) is 22.5. The molecule has 210 valence electrons. The summed E-state index contributed by atoms with van der Waals surface area (Å²) in [5.74, 6) is 0.869. The summed E-state index contributed by atoms with van der Waals surface area (Å²) in [6, 6.07) is 12.7. The van der Waals surface area contributed by atoms with Crippen molar-refractivity contribution in [3.63, 3.8) is 0 Å². The van der Waals surface area contributed by atoms with Crippen LogP contribution in [0.2, 0.25) is 10.0 Å². The van der Waals surface area contributed by atoms with Crippen LogP contribution < -0.4 is 15.4 Å². The minimum atomic E-state index is -3.53. The molecule has 1 atom stereocenters. The van der Waals surface area contributed by atoms with Crippen LogP contribution in [-0.4, -0.2) is 63.4 Å². The number of anilines is 1. The third-order valence-corrected chi connectivity index (χ3v) is 9.13. The van der Waals surface area contributed by atoms with Crippen LogP contribution in [0.5, 0.6) is 0 Å². The van der Waals surface area contributed by atoms with E-state index in [1.807, 2.05) is 18.2 Å². The van der Waals surface area contributed by atoms with Gasteiger partial charge in [0.15, 0.2) is 0 Å². The summed E-state index contributed by atoms with van der Waals surface area (Å²) in [6.45, 7) is 7.12. The van der Waals surface area contributed by atoms with Crippen LogP contribution in [0.1, 0.15) is 37.8 Å². The Labute approximate surface area is 237 Å². The van der Waals surface area contributed by atoms with E-state index in [0.717, 1.165) is 48.8 Å². The van der Waals surface area contributed by atoms with E-state index in [1.54, 1.807) is 18.2 Å². The van der Waals surface area contributed by atoms with Gasteiger partial charge in [0, 0.05) is 38.9 Å². The Morgan fingerprint density at radius 1 is 1.05 bits per heavy atom. The lowest BCUT2D eigenvalue weighted by Crippen LogP contribution is -2.49. The Bertz CT molecular complexity index is 1180. The van der Waals surface area contributed by atoms with Crippen molar-refractivity contribution in [3.8, 4) is 0 Å². The van der Waals surface area contributed by atoms with E-state index in [9.17, 15) is 13.2 Å². The number of carbonyl (C=O) groups is 1. The van der Waals surface area contributed by atoms with Gasteiger partial charge in [-0.05, 0) is 79.6 Å². The summed E-state index contributed by atoms with van der Waals surface area (Å²) >= 11 is 12.2. The predicted octanol–water partition coefficient (Wildman–Crippen LogP) is 4.99. The lowest BCUT2D eigenvalue weighted by molar-refractivity contribution is 0.157. The second-order valence-corrected chi connectivity index (χ2v) is 13.2. The highest BCUT2D eigenvalue weighted by Crippen LogP contribution is 2.27. The molecular formula is C27H39Cl2N5O3S. The van der Waals surface area contributed by atoms with E-state index in [4.69, 9.17) is 23.2 Å². The van der Waals surface area contributed by atoms with Gasteiger partial charge in [0.1, 0.15) is 0 Å². The minimum absolute atomic E-state index is 0.00305. The smallest absolute Gasteiger partial charge is 0.319 e. The van der Waals surface area contributed by atoms with Crippen molar-refractivity contribution in [1.29, 1.82) is 0 Å². The van der Waals surface area contributed by atoms with Crippen molar-refractivity contribution in [2.75, 3.05) is 39.0 Å². The fraction of sp³-hybridized carbons (Fsp3) is 0.519. The van der Waals surface area contributed by atoms with Crippen molar-refractivity contribution in [2.24, 2.45) is 11.8 Å². The monoisotopic (exact) mass is 583 g/mol. The number of carbonyl (C=O) groups excluding carboxylic acids is 1. The van der Waals surface area contributed by atoms with E-state index < -0.39 is 10.2 Å². The van der Waals surface area contributed by atoms with Crippen LogP contribution in [0.4, 0.5) is 10.5 Å². The Hall–Kier alpha value is -1.88. The van der Waals surface area contributed by atoms with Gasteiger partial charge in [0.05, 0.1) is 10.0 Å². The van der Waals surface area contributed by atoms with E-state index in [-0.39, 0.29) is 24.5 Å². The van der Waals surface area contributed by atoms with Crippen LogP contribution >= 0.6 is 23.2 Å². The zero-order chi connectivity index (χ0) is 27.9. The molecule has 0 aliphatic carbocycles. The SMILES string of the molecule is CC(C)C(CN1CCC(Cc2ccc(Cl)c(Cl)c2)CC1)NC(=O)Nc1cccc(CNS(=O)(=O)N(C)C)c1. The normalized spacial score (nSPS) is 16.1. The Balaban J connectivity index is 1.48. The van der Waals surface area contributed by atoms with Gasteiger partial charge >= 0.3 is 6.03 Å². The number of likely N-dealkylation sites (tertiary alicyclic amines) is 1. The molecule has 0 saturated carbocycles. The predicted molar refractivity (Wildman–Crippen MR) is 156 cm³/mol. The Kier molecular flexibility index (Phi) is 11.3. The number of hydrogen-bond acceptors (Lipinski definition) is 4. The molecule has 2 aromatic rings. The number of rotatable bonds is 11. The van der Waals surface area contributed by atoms with Crippen LogP contribution in [0.25, 0.3) is 0 Å². The standard InChI is InChI=1S/C27H39Cl2N5O3S/c1-19(2)26(18-34-12-10-20(11-13-34)14-21-8-9-24(28)25(29)16-21)32-27(35)31-23-7-5-6-22(15-23)17-30-38(36,37)33(3)4/h5-9,15-16,19-20,26,30H,10-14,17-18H2,1-4H3,(H2,31,32,35). The summed E-state index contributed by atoms with van der Waals surface area (Å²) in [4.78, 5) is 15.2. The van der Waals surface area contributed by atoms with Crippen molar-refractivity contribution in [1.82, 2.24) is 19.2 Å². The molecule has 1 saturated heterocycles. The maximum atomic E-state index is 12.8. The summed E-state index contributed by atoms with van der Waals surface area (Å²) in [5, 5.41) is 7.21. The Morgan fingerprint density at radius 3 is 2.39 bits per heavy atom. The summed E-state index contributed by atoms with van der Waals surface area (Å²) in [6.07, 6.45) is 3.19. The second-order valence-electron chi connectivity index (χ2n) is 10.5. The fourth-order valence-electron chi connectivity index (χ4n) is 4.47. The van der Waals surface area contributed by atoms with Gasteiger partial charge in [-0.3, -0.25) is 0 Å². The van der Waals surface area contributed by atoms with Gasteiger partial charge in [-0.15, -0.1) is 0 Å².